The van der Waals surface area contributed by atoms with Crippen molar-refractivity contribution in [2.24, 2.45) is 0 Å². The van der Waals surface area contributed by atoms with E-state index in [0.29, 0.717) is 23.4 Å². The van der Waals surface area contributed by atoms with E-state index in [2.05, 4.69) is 11.2 Å². The van der Waals surface area contributed by atoms with Gasteiger partial charge in [0, 0.05) is 12.5 Å². The van der Waals surface area contributed by atoms with E-state index in [4.69, 9.17) is 6.42 Å². The molecule has 1 unspecified atom stereocenters. The van der Waals surface area contributed by atoms with Crippen LogP contribution in [0.1, 0.15) is 33.1 Å². The predicted molar refractivity (Wildman–Crippen MR) is 79.9 cm³/mol. The maximum Gasteiger partial charge on any atom is 0.180 e. The van der Waals surface area contributed by atoms with Crippen LogP contribution in [0.3, 0.4) is 0 Å². The topological polar surface area (TPSA) is 46.2 Å². The Hall–Kier alpha value is -1.47. The lowest BCUT2D eigenvalue weighted by molar-refractivity contribution is 0.594. The summed E-state index contributed by atoms with van der Waals surface area (Å²) < 4.78 is 24.4. The summed E-state index contributed by atoms with van der Waals surface area (Å²) >= 11 is 0. The van der Waals surface area contributed by atoms with E-state index in [9.17, 15) is 8.42 Å². The third-order valence-corrected chi connectivity index (χ3v) is 4.88. The van der Waals surface area contributed by atoms with E-state index < -0.39 is 9.84 Å². The second kappa shape index (κ2) is 7.20. The molecule has 0 amide bonds. The number of para-hydroxylation sites is 1. The molecule has 1 N–H and O–H groups in total. The molecule has 0 aliphatic carbocycles. The predicted octanol–water partition coefficient (Wildman–Crippen LogP) is 3.08. The van der Waals surface area contributed by atoms with Gasteiger partial charge in [0.15, 0.2) is 9.84 Å². The lowest BCUT2D eigenvalue weighted by atomic mass is 10.1. The van der Waals surface area contributed by atoms with Gasteiger partial charge in [-0.05, 0) is 25.0 Å². The summed E-state index contributed by atoms with van der Waals surface area (Å²) in [5.41, 5.74) is 0.651. The van der Waals surface area contributed by atoms with Crippen molar-refractivity contribution in [3.63, 3.8) is 0 Å². The van der Waals surface area contributed by atoms with Crippen LogP contribution >= 0.6 is 0 Å². The van der Waals surface area contributed by atoms with Crippen LogP contribution in [0.15, 0.2) is 29.2 Å². The molecule has 4 heteroatoms. The highest BCUT2D eigenvalue weighted by Crippen LogP contribution is 2.24. The van der Waals surface area contributed by atoms with Gasteiger partial charge in [-0.2, -0.15) is 0 Å². The summed E-state index contributed by atoms with van der Waals surface area (Å²) in [5.74, 6) is 2.77. The lowest BCUT2D eigenvalue weighted by Gasteiger charge is -2.18. The lowest BCUT2D eigenvalue weighted by Crippen LogP contribution is -2.20. The van der Waals surface area contributed by atoms with Crippen molar-refractivity contribution in [1.82, 2.24) is 0 Å². The maximum absolute atomic E-state index is 12.2. The summed E-state index contributed by atoms with van der Waals surface area (Å²) in [6.07, 6.45) is 7.37. The second-order valence-electron chi connectivity index (χ2n) is 4.47. The second-order valence-corrected chi connectivity index (χ2v) is 6.55. The fourth-order valence-corrected chi connectivity index (χ4v) is 3.40. The van der Waals surface area contributed by atoms with Crippen LogP contribution in [0, 0.1) is 12.3 Å². The molecular formula is C15H21NO2S. The van der Waals surface area contributed by atoms with Crippen molar-refractivity contribution in [2.75, 3.05) is 11.1 Å². The third kappa shape index (κ3) is 4.29. The Morgan fingerprint density at radius 2 is 2.00 bits per heavy atom. The van der Waals surface area contributed by atoms with Crippen molar-refractivity contribution < 1.29 is 8.42 Å². The number of anilines is 1. The Morgan fingerprint density at radius 3 is 2.58 bits per heavy atom. The highest BCUT2D eigenvalue weighted by molar-refractivity contribution is 7.91. The highest BCUT2D eigenvalue weighted by atomic mass is 32.2. The summed E-state index contributed by atoms with van der Waals surface area (Å²) in [7, 11) is -3.22. The standard InChI is InChI=1S/C15H21NO2S/c1-4-9-13(6-3)16-14-10-7-8-11-15(14)19(17,18)12-5-2/h1,7-8,10-11,13,16H,5-6,9,12H2,2-3H3. The zero-order chi connectivity index (χ0) is 14.3. The monoisotopic (exact) mass is 279 g/mol. The molecule has 0 aromatic heterocycles. The van der Waals surface area contributed by atoms with Gasteiger partial charge in [0.2, 0.25) is 0 Å². The van der Waals surface area contributed by atoms with Crippen molar-refractivity contribution >= 4 is 15.5 Å². The minimum absolute atomic E-state index is 0.1000. The zero-order valence-electron chi connectivity index (χ0n) is 11.5. The van der Waals surface area contributed by atoms with Crippen LogP contribution in [0.4, 0.5) is 5.69 Å². The van der Waals surface area contributed by atoms with E-state index in [1.54, 1.807) is 18.2 Å². The third-order valence-electron chi connectivity index (χ3n) is 2.91. The largest absolute Gasteiger partial charge is 0.380 e. The number of benzene rings is 1. The van der Waals surface area contributed by atoms with Crippen molar-refractivity contribution in [2.45, 2.75) is 44.0 Å². The van der Waals surface area contributed by atoms with Crippen molar-refractivity contribution in [1.29, 1.82) is 0 Å². The molecule has 1 aromatic rings. The summed E-state index contributed by atoms with van der Waals surface area (Å²) in [6.45, 7) is 3.89. The van der Waals surface area contributed by atoms with Crippen molar-refractivity contribution in [3.05, 3.63) is 24.3 Å². The summed E-state index contributed by atoms with van der Waals surface area (Å²) in [6, 6.07) is 7.12. The molecular weight excluding hydrogens is 258 g/mol. The van der Waals surface area contributed by atoms with Gasteiger partial charge in [-0.15, -0.1) is 12.3 Å². The Labute approximate surface area is 116 Å². The van der Waals surface area contributed by atoms with E-state index in [1.165, 1.54) is 0 Å². The summed E-state index contributed by atoms with van der Waals surface area (Å²) in [4.78, 5) is 0.368. The van der Waals surface area contributed by atoms with Crippen LogP contribution in [0.2, 0.25) is 0 Å². The van der Waals surface area contributed by atoms with Crippen LogP contribution < -0.4 is 5.32 Å². The Morgan fingerprint density at radius 1 is 1.32 bits per heavy atom. The molecule has 104 valence electrons. The van der Waals surface area contributed by atoms with Crippen LogP contribution in [0.25, 0.3) is 0 Å². The number of terminal acetylenes is 1. The fraction of sp³-hybridized carbons (Fsp3) is 0.467. The molecule has 1 rings (SSSR count). The molecule has 0 heterocycles. The van der Waals surface area contributed by atoms with Gasteiger partial charge in [0.1, 0.15) is 0 Å². The van der Waals surface area contributed by atoms with Crippen LogP contribution in [0.5, 0.6) is 0 Å². The number of hydrogen-bond donors (Lipinski definition) is 1. The molecule has 0 aliphatic heterocycles. The molecule has 19 heavy (non-hydrogen) atoms. The number of nitrogens with one attached hydrogen (secondary N) is 1. The highest BCUT2D eigenvalue weighted by Gasteiger charge is 2.18. The first kappa shape index (κ1) is 15.6. The molecule has 0 spiro atoms. The minimum Gasteiger partial charge on any atom is -0.380 e. The van der Waals surface area contributed by atoms with Gasteiger partial charge in [0.25, 0.3) is 0 Å². The molecule has 0 saturated heterocycles. The quantitative estimate of drug-likeness (QED) is 0.780. The first-order valence-corrected chi connectivity index (χ1v) is 8.22. The van der Waals surface area contributed by atoms with E-state index in [-0.39, 0.29) is 11.8 Å². The van der Waals surface area contributed by atoms with Crippen LogP contribution in [-0.4, -0.2) is 20.2 Å². The van der Waals surface area contributed by atoms with Crippen molar-refractivity contribution in [3.8, 4) is 12.3 Å². The van der Waals surface area contributed by atoms with Gasteiger partial charge >= 0.3 is 0 Å². The molecule has 1 atom stereocenters. The van der Waals surface area contributed by atoms with Gasteiger partial charge in [-0.25, -0.2) is 8.42 Å². The summed E-state index contributed by atoms with van der Waals surface area (Å²) in [5, 5.41) is 3.24. The first-order chi connectivity index (χ1) is 9.05. The first-order valence-electron chi connectivity index (χ1n) is 6.57. The Balaban J connectivity index is 3.06. The Kier molecular flexibility index (Phi) is 5.91. The molecule has 0 aliphatic rings. The number of rotatable bonds is 7. The van der Waals surface area contributed by atoms with E-state index >= 15 is 0 Å². The Bertz CT molecular complexity index is 544. The van der Waals surface area contributed by atoms with E-state index in [1.807, 2.05) is 19.9 Å². The van der Waals surface area contributed by atoms with Gasteiger partial charge in [0.05, 0.1) is 16.3 Å². The van der Waals surface area contributed by atoms with Gasteiger partial charge < -0.3 is 5.32 Å². The molecule has 0 saturated carbocycles. The van der Waals surface area contributed by atoms with Gasteiger partial charge in [-0.3, -0.25) is 0 Å². The smallest absolute Gasteiger partial charge is 0.180 e. The molecule has 3 nitrogen and oxygen atoms in total. The molecule has 0 radical (unpaired) electrons. The van der Waals surface area contributed by atoms with Gasteiger partial charge in [-0.1, -0.05) is 26.0 Å². The zero-order valence-corrected chi connectivity index (χ0v) is 12.3. The van der Waals surface area contributed by atoms with E-state index in [0.717, 1.165) is 6.42 Å². The number of hydrogen-bond acceptors (Lipinski definition) is 3. The molecule has 1 aromatic carbocycles. The molecule has 0 bridgehead atoms. The average Bonchev–Trinajstić information content (AvgIpc) is 2.38. The minimum atomic E-state index is -3.22. The normalized spacial score (nSPS) is 12.7. The fourth-order valence-electron chi connectivity index (χ4n) is 1.90. The average molecular weight is 279 g/mol. The number of sulfone groups is 1. The van der Waals surface area contributed by atoms with Crippen LogP contribution in [-0.2, 0) is 9.84 Å². The molecule has 0 fully saturated rings. The maximum atomic E-state index is 12.2. The SMILES string of the molecule is C#CCC(CC)Nc1ccccc1S(=O)(=O)CCC.